The summed E-state index contributed by atoms with van der Waals surface area (Å²) in [6, 6.07) is 4.85. The zero-order valence-corrected chi connectivity index (χ0v) is 11.6. The van der Waals surface area contributed by atoms with E-state index in [2.05, 4.69) is 6.92 Å². The largest absolute Gasteiger partial charge is 0.324 e. The molecule has 3 unspecified atom stereocenters. The number of hydrogen-bond donors (Lipinski definition) is 1. The maximum atomic E-state index is 13.2. The average Bonchev–Trinajstić information content (AvgIpc) is 2.41. The SMILES string of the molecule is CCC1CCCCC1C(N)c1ccc(F)c(Cl)c1. The van der Waals surface area contributed by atoms with E-state index in [1.54, 1.807) is 12.1 Å². The van der Waals surface area contributed by atoms with Crippen molar-refractivity contribution >= 4 is 11.6 Å². The van der Waals surface area contributed by atoms with Gasteiger partial charge in [0.25, 0.3) is 0 Å². The van der Waals surface area contributed by atoms with E-state index in [1.165, 1.54) is 38.2 Å². The Morgan fingerprint density at radius 2 is 2.11 bits per heavy atom. The molecule has 0 heterocycles. The second-order valence-electron chi connectivity index (χ2n) is 5.32. The van der Waals surface area contributed by atoms with Gasteiger partial charge in [-0.05, 0) is 36.0 Å². The molecule has 0 bridgehead atoms. The summed E-state index contributed by atoms with van der Waals surface area (Å²) >= 11 is 5.84. The molecule has 1 aromatic carbocycles. The van der Waals surface area contributed by atoms with Crippen LogP contribution in [0.3, 0.4) is 0 Å². The van der Waals surface area contributed by atoms with Crippen LogP contribution in [0.1, 0.15) is 50.6 Å². The first-order chi connectivity index (χ1) is 8.63. The zero-order valence-electron chi connectivity index (χ0n) is 10.8. The van der Waals surface area contributed by atoms with E-state index >= 15 is 0 Å². The first-order valence-electron chi connectivity index (χ1n) is 6.84. The van der Waals surface area contributed by atoms with Gasteiger partial charge in [-0.3, -0.25) is 0 Å². The molecule has 18 heavy (non-hydrogen) atoms. The van der Waals surface area contributed by atoms with Crippen LogP contribution in [0, 0.1) is 17.7 Å². The second-order valence-corrected chi connectivity index (χ2v) is 5.72. The van der Waals surface area contributed by atoms with Crippen LogP contribution < -0.4 is 5.73 Å². The lowest BCUT2D eigenvalue weighted by atomic mass is 9.73. The molecule has 100 valence electrons. The summed E-state index contributed by atoms with van der Waals surface area (Å²) in [6.45, 7) is 2.23. The van der Waals surface area contributed by atoms with Gasteiger partial charge in [0.1, 0.15) is 5.82 Å². The highest BCUT2D eigenvalue weighted by molar-refractivity contribution is 6.30. The molecule has 1 aliphatic carbocycles. The molecule has 1 fully saturated rings. The molecule has 1 nitrogen and oxygen atoms in total. The minimum absolute atomic E-state index is 0.0200. The number of benzene rings is 1. The van der Waals surface area contributed by atoms with Gasteiger partial charge >= 0.3 is 0 Å². The molecule has 0 amide bonds. The Balaban J connectivity index is 2.18. The number of nitrogens with two attached hydrogens (primary N) is 1. The van der Waals surface area contributed by atoms with E-state index < -0.39 is 0 Å². The molecule has 0 saturated heterocycles. The zero-order chi connectivity index (χ0) is 13.1. The summed E-state index contributed by atoms with van der Waals surface area (Å²) in [6.07, 6.45) is 6.18. The van der Waals surface area contributed by atoms with Gasteiger partial charge in [-0.25, -0.2) is 4.39 Å². The van der Waals surface area contributed by atoms with Gasteiger partial charge in [0.2, 0.25) is 0 Å². The van der Waals surface area contributed by atoms with Crippen molar-refractivity contribution in [2.45, 2.75) is 45.1 Å². The van der Waals surface area contributed by atoms with Crippen molar-refractivity contribution in [1.29, 1.82) is 0 Å². The highest BCUT2D eigenvalue weighted by atomic mass is 35.5. The van der Waals surface area contributed by atoms with Crippen molar-refractivity contribution < 1.29 is 4.39 Å². The quantitative estimate of drug-likeness (QED) is 0.846. The Labute approximate surface area is 114 Å². The minimum Gasteiger partial charge on any atom is -0.324 e. The predicted octanol–water partition coefficient (Wildman–Crippen LogP) is 4.70. The summed E-state index contributed by atoms with van der Waals surface area (Å²) in [5.74, 6) is 0.825. The highest BCUT2D eigenvalue weighted by Crippen LogP contribution is 2.39. The lowest BCUT2D eigenvalue weighted by molar-refractivity contribution is 0.196. The Morgan fingerprint density at radius 1 is 1.39 bits per heavy atom. The molecule has 0 aliphatic heterocycles. The van der Waals surface area contributed by atoms with E-state index in [1.807, 2.05) is 0 Å². The summed E-state index contributed by atoms with van der Waals surface area (Å²) in [4.78, 5) is 0. The molecular weight excluding hydrogens is 249 g/mol. The van der Waals surface area contributed by atoms with Gasteiger partial charge in [0.05, 0.1) is 5.02 Å². The maximum Gasteiger partial charge on any atom is 0.141 e. The summed E-state index contributed by atoms with van der Waals surface area (Å²) < 4.78 is 13.2. The molecule has 0 spiro atoms. The number of halogens is 2. The fourth-order valence-corrected chi connectivity index (χ4v) is 3.37. The molecule has 3 atom stereocenters. The Kier molecular flexibility index (Phi) is 4.63. The van der Waals surface area contributed by atoms with Crippen LogP contribution in [0.15, 0.2) is 18.2 Å². The first-order valence-corrected chi connectivity index (χ1v) is 7.21. The summed E-state index contributed by atoms with van der Waals surface area (Å²) in [5.41, 5.74) is 7.34. The van der Waals surface area contributed by atoms with Crippen LogP contribution in [0.4, 0.5) is 4.39 Å². The molecule has 1 aliphatic rings. The number of rotatable bonds is 3. The Morgan fingerprint density at radius 3 is 2.78 bits per heavy atom. The van der Waals surface area contributed by atoms with Crippen molar-refractivity contribution in [3.05, 3.63) is 34.6 Å². The van der Waals surface area contributed by atoms with E-state index in [4.69, 9.17) is 17.3 Å². The van der Waals surface area contributed by atoms with Gasteiger partial charge in [-0.2, -0.15) is 0 Å². The molecule has 1 aromatic rings. The van der Waals surface area contributed by atoms with Crippen LogP contribution in [-0.4, -0.2) is 0 Å². The third-order valence-corrected chi connectivity index (χ3v) is 4.57. The Bertz CT molecular complexity index is 407. The molecule has 0 aromatic heterocycles. The van der Waals surface area contributed by atoms with Gasteiger partial charge in [-0.1, -0.05) is 50.3 Å². The van der Waals surface area contributed by atoms with E-state index in [0.29, 0.717) is 11.8 Å². The van der Waals surface area contributed by atoms with E-state index in [0.717, 1.165) is 5.56 Å². The van der Waals surface area contributed by atoms with Crippen molar-refractivity contribution in [2.75, 3.05) is 0 Å². The molecule has 2 N–H and O–H groups in total. The predicted molar refractivity (Wildman–Crippen MR) is 74.1 cm³/mol. The maximum absolute atomic E-state index is 13.2. The Hall–Kier alpha value is -0.600. The summed E-state index contributed by atoms with van der Waals surface area (Å²) in [5, 5.41) is 0.173. The smallest absolute Gasteiger partial charge is 0.141 e. The van der Waals surface area contributed by atoms with Gasteiger partial charge in [0.15, 0.2) is 0 Å². The summed E-state index contributed by atoms with van der Waals surface area (Å²) in [7, 11) is 0. The van der Waals surface area contributed by atoms with Crippen LogP contribution in [0.2, 0.25) is 5.02 Å². The molecule has 2 rings (SSSR count). The highest BCUT2D eigenvalue weighted by Gasteiger charge is 2.29. The van der Waals surface area contributed by atoms with E-state index in [9.17, 15) is 4.39 Å². The van der Waals surface area contributed by atoms with E-state index in [-0.39, 0.29) is 16.9 Å². The standard InChI is InChI=1S/C15H21ClFN/c1-2-10-5-3-4-6-12(10)15(18)11-7-8-14(17)13(16)9-11/h7-10,12,15H,2-6,18H2,1H3. The van der Waals surface area contributed by atoms with Crippen LogP contribution in [-0.2, 0) is 0 Å². The molecule has 3 heteroatoms. The second kappa shape index (κ2) is 6.03. The van der Waals surface area contributed by atoms with Crippen LogP contribution in [0.5, 0.6) is 0 Å². The average molecular weight is 270 g/mol. The van der Waals surface area contributed by atoms with Crippen LogP contribution >= 0.6 is 11.6 Å². The van der Waals surface area contributed by atoms with Crippen LogP contribution in [0.25, 0.3) is 0 Å². The monoisotopic (exact) mass is 269 g/mol. The number of hydrogen-bond acceptors (Lipinski definition) is 1. The van der Waals surface area contributed by atoms with Gasteiger partial charge < -0.3 is 5.73 Å². The van der Waals surface area contributed by atoms with Crippen molar-refractivity contribution in [3.63, 3.8) is 0 Å². The van der Waals surface area contributed by atoms with Crippen molar-refractivity contribution in [2.24, 2.45) is 17.6 Å². The topological polar surface area (TPSA) is 26.0 Å². The fourth-order valence-electron chi connectivity index (χ4n) is 3.18. The molecular formula is C15H21ClFN. The lowest BCUT2D eigenvalue weighted by Gasteiger charge is -2.35. The lowest BCUT2D eigenvalue weighted by Crippen LogP contribution is -2.30. The van der Waals surface area contributed by atoms with Crippen molar-refractivity contribution in [3.8, 4) is 0 Å². The normalized spacial score (nSPS) is 26.0. The minimum atomic E-state index is -0.372. The molecule has 0 radical (unpaired) electrons. The van der Waals surface area contributed by atoms with Gasteiger partial charge in [-0.15, -0.1) is 0 Å². The van der Waals surface area contributed by atoms with Crippen molar-refractivity contribution in [1.82, 2.24) is 0 Å². The fraction of sp³-hybridized carbons (Fsp3) is 0.600. The third-order valence-electron chi connectivity index (χ3n) is 4.28. The third kappa shape index (κ3) is 2.86. The molecule has 1 saturated carbocycles. The van der Waals surface area contributed by atoms with Gasteiger partial charge in [0, 0.05) is 6.04 Å². The first kappa shape index (κ1) is 13.8.